The highest BCUT2D eigenvalue weighted by molar-refractivity contribution is 5.92. The molecule has 0 spiro atoms. The fourth-order valence-corrected chi connectivity index (χ4v) is 4.52. The molecular formula is C20H24F2N4O2. The molecule has 2 aromatic rings. The molecular weight excluding hydrogens is 366 g/mol. The van der Waals surface area contributed by atoms with E-state index in [1.54, 1.807) is 0 Å². The van der Waals surface area contributed by atoms with Gasteiger partial charge in [-0.3, -0.25) is 9.69 Å². The molecule has 1 saturated carbocycles. The molecule has 2 heterocycles. The van der Waals surface area contributed by atoms with Crippen LogP contribution in [0, 0.1) is 17.6 Å². The number of carbonyl (C=O) groups is 1. The highest BCUT2D eigenvalue weighted by Crippen LogP contribution is 2.50. The summed E-state index contributed by atoms with van der Waals surface area (Å²) >= 11 is 0. The van der Waals surface area contributed by atoms with E-state index < -0.39 is 11.6 Å². The monoisotopic (exact) mass is 390 g/mol. The molecule has 4 rings (SSSR count). The number of amides is 1. The minimum Gasteiger partial charge on any atom is -0.339 e. The molecule has 0 unspecified atom stereocenters. The van der Waals surface area contributed by atoms with Crippen LogP contribution in [0.2, 0.25) is 0 Å². The average molecular weight is 390 g/mol. The van der Waals surface area contributed by atoms with E-state index in [2.05, 4.69) is 15.5 Å². The van der Waals surface area contributed by atoms with E-state index in [1.807, 2.05) is 18.7 Å². The third kappa shape index (κ3) is 3.41. The Kier molecular flexibility index (Phi) is 4.91. The van der Waals surface area contributed by atoms with Crippen LogP contribution in [0.4, 0.5) is 14.5 Å². The van der Waals surface area contributed by atoms with Crippen LogP contribution >= 0.6 is 0 Å². The van der Waals surface area contributed by atoms with Crippen molar-refractivity contribution in [1.82, 2.24) is 15.0 Å². The van der Waals surface area contributed by atoms with Gasteiger partial charge in [0.15, 0.2) is 5.82 Å². The summed E-state index contributed by atoms with van der Waals surface area (Å²) in [6.07, 6.45) is 3.10. The molecule has 150 valence electrons. The van der Waals surface area contributed by atoms with E-state index >= 15 is 0 Å². The zero-order valence-corrected chi connectivity index (χ0v) is 16.0. The van der Waals surface area contributed by atoms with Gasteiger partial charge in [0.2, 0.25) is 11.8 Å². The first-order valence-electron chi connectivity index (χ1n) is 9.69. The van der Waals surface area contributed by atoms with Crippen LogP contribution in [-0.4, -0.2) is 40.6 Å². The van der Waals surface area contributed by atoms with Gasteiger partial charge < -0.3 is 9.84 Å². The van der Waals surface area contributed by atoms with Crippen LogP contribution in [0.25, 0.3) is 0 Å². The molecule has 1 aromatic carbocycles. The van der Waals surface area contributed by atoms with Crippen molar-refractivity contribution >= 4 is 11.6 Å². The molecule has 1 aliphatic heterocycles. The number of nitrogens with one attached hydrogen (secondary N) is 1. The largest absolute Gasteiger partial charge is 0.339 e. The van der Waals surface area contributed by atoms with Gasteiger partial charge in [0.05, 0.1) is 17.6 Å². The molecule has 0 radical (unpaired) electrons. The van der Waals surface area contributed by atoms with Gasteiger partial charge in [-0.05, 0) is 30.9 Å². The second-order valence-corrected chi connectivity index (χ2v) is 8.20. The maximum Gasteiger partial charge on any atom is 0.238 e. The van der Waals surface area contributed by atoms with Gasteiger partial charge in [-0.2, -0.15) is 4.98 Å². The number of anilines is 1. The Balaban J connectivity index is 1.46. The Morgan fingerprint density at radius 3 is 3.00 bits per heavy atom. The number of hydrogen-bond donors (Lipinski definition) is 1. The van der Waals surface area contributed by atoms with Gasteiger partial charge in [-0.1, -0.05) is 25.4 Å². The number of carbonyl (C=O) groups excluding carboxylic acids is 1. The Morgan fingerprint density at radius 2 is 2.25 bits per heavy atom. The predicted octanol–water partition coefficient (Wildman–Crippen LogP) is 3.46. The summed E-state index contributed by atoms with van der Waals surface area (Å²) in [5, 5.41) is 6.58. The maximum absolute atomic E-state index is 13.8. The number of halogens is 2. The first kappa shape index (κ1) is 19.0. The van der Waals surface area contributed by atoms with Gasteiger partial charge in [0.25, 0.3) is 0 Å². The van der Waals surface area contributed by atoms with Crippen molar-refractivity contribution in [3.8, 4) is 0 Å². The summed E-state index contributed by atoms with van der Waals surface area (Å²) in [5.74, 6) is 0.295. The molecule has 2 aliphatic rings. The number of fused-ring (bicyclic) bond motifs is 1. The smallest absolute Gasteiger partial charge is 0.238 e. The van der Waals surface area contributed by atoms with E-state index in [0.717, 1.165) is 44.0 Å². The maximum atomic E-state index is 13.8. The van der Waals surface area contributed by atoms with Crippen molar-refractivity contribution in [2.24, 2.45) is 5.92 Å². The quantitative estimate of drug-likeness (QED) is 0.847. The Bertz CT molecular complexity index is 885. The number of likely N-dealkylation sites (tertiary alicyclic amines) is 1. The summed E-state index contributed by atoms with van der Waals surface area (Å²) in [4.78, 5) is 19.1. The van der Waals surface area contributed by atoms with Crippen LogP contribution in [0.5, 0.6) is 0 Å². The summed E-state index contributed by atoms with van der Waals surface area (Å²) < 4.78 is 32.7. The third-order valence-electron chi connectivity index (χ3n) is 5.90. The molecule has 1 aromatic heterocycles. The molecule has 1 N–H and O–H groups in total. The van der Waals surface area contributed by atoms with Crippen molar-refractivity contribution < 1.29 is 18.1 Å². The normalized spacial score (nSPS) is 24.7. The number of hydrogen-bond acceptors (Lipinski definition) is 5. The van der Waals surface area contributed by atoms with E-state index in [1.165, 1.54) is 0 Å². The van der Waals surface area contributed by atoms with Crippen LogP contribution in [-0.2, 0) is 10.2 Å². The van der Waals surface area contributed by atoms with Gasteiger partial charge in [0.1, 0.15) is 11.6 Å². The van der Waals surface area contributed by atoms with Gasteiger partial charge in [-0.25, -0.2) is 8.78 Å². The minimum atomic E-state index is -0.656. The first-order valence-corrected chi connectivity index (χ1v) is 9.69. The fraction of sp³-hybridized carbons (Fsp3) is 0.550. The molecule has 8 heteroatoms. The predicted molar refractivity (Wildman–Crippen MR) is 98.8 cm³/mol. The lowest BCUT2D eigenvalue weighted by molar-refractivity contribution is -0.117. The van der Waals surface area contributed by atoms with Gasteiger partial charge in [0, 0.05) is 25.1 Å². The van der Waals surface area contributed by atoms with Crippen molar-refractivity contribution in [2.75, 3.05) is 25.0 Å². The number of benzene rings is 1. The Hall–Kier alpha value is -2.35. The number of nitrogens with zero attached hydrogens (tertiary/aromatic N) is 3. The molecule has 1 saturated heterocycles. The zero-order valence-electron chi connectivity index (χ0n) is 16.0. The molecule has 1 amide bonds. The highest BCUT2D eigenvalue weighted by Gasteiger charge is 2.54. The van der Waals surface area contributed by atoms with Crippen molar-refractivity contribution in [3.63, 3.8) is 0 Å². The molecule has 28 heavy (non-hydrogen) atoms. The standard InChI is InChI=1S/C20H24F2N4O2/c1-12(2)18-24-19(28-25-18)20-7-3-4-13(20)9-26(11-20)10-17(27)23-16-8-14(21)5-6-15(16)22/h5-6,8,12-13H,3-4,7,9-11H2,1-2H3,(H,23,27)/t13-,20-/m1/s1. The summed E-state index contributed by atoms with van der Waals surface area (Å²) in [6, 6.07) is 3.01. The molecule has 1 aliphatic carbocycles. The number of aromatic nitrogens is 2. The summed E-state index contributed by atoms with van der Waals surface area (Å²) in [6.45, 7) is 5.55. The van der Waals surface area contributed by atoms with Crippen LogP contribution < -0.4 is 5.32 Å². The fourth-order valence-electron chi connectivity index (χ4n) is 4.52. The average Bonchev–Trinajstić information content (AvgIpc) is 3.31. The first-order chi connectivity index (χ1) is 13.4. The molecule has 0 bridgehead atoms. The lowest BCUT2D eigenvalue weighted by Crippen LogP contribution is -2.36. The second kappa shape index (κ2) is 7.24. The Morgan fingerprint density at radius 1 is 1.43 bits per heavy atom. The van der Waals surface area contributed by atoms with Crippen molar-refractivity contribution in [2.45, 2.75) is 44.4 Å². The van der Waals surface area contributed by atoms with Crippen molar-refractivity contribution in [1.29, 1.82) is 0 Å². The lowest BCUT2D eigenvalue weighted by Gasteiger charge is -2.24. The summed E-state index contributed by atoms with van der Waals surface area (Å²) in [7, 11) is 0. The van der Waals surface area contributed by atoms with Crippen LogP contribution in [0.3, 0.4) is 0 Å². The lowest BCUT2D eigenvalue weighted by atomic mass is 9.80. The van der Waals surface area contributed by atoms with Crippen molar-refractivity contribution in [3.05, 3.63) is 41.5 Å². The Labute approximate surface area is 162 Å². The summed E-state index contributed by atoms with van der Waals surface area (Å²) in [5.41, 5.74) is -0.359. The van der Waals surface area contributed by atoms with E-state index in [0.29, 0.717) is 24.2 Å². The van der Waals surface area contributed by atoms with E-state index in [4.69, 9.17) is 4.52 Å². The van der Waals surface area contributed by atoms with Crippen LogP contribution in [0.1, 0.15) is 50.7 Å². The van der Waals surface area contributed by atoms with E-state index in [9.17, 15) is 13.6 Å². The topological polar surface area (TPSA) is 71.3 Å². The zero-order chi connectivity index (χ0) is 19.9. The van der Waals surface area contributed by atoms with Gasteiger partial charge in [-0.15, -0.1) is 0 Å². The van der Waals surface area contributed by atoms with E-state index in [-0.39, 0.29) is 29.5 Å². The van der Waals surface area contributed by atoms with Gasteiger partial charge >= 0.3 is 0 Å². The SMILES string of the molecule is CC(C)c1noc([C@@]23CCC[C@@H]2CN(CC(=O)Nc2cc(F)ccc2F)C3)n1. The molecule has 2 fully saturated rings. The molecule has 2 atom stereocenters. The van der Waals surface area contributed by atoms with Crippen LogP contribution in [0.15, 0.2) is 22.7 Å². The second-order valence-electron chi connectivity index (χ2n) is 8.20. The number of rotatable bonds is 5. The highest BCUT2D eigenvalue weighted by atomic mass is 19.1. The third-order valence-corrected chi connectivity index (χ3v) is 5.90. The minimum absolute atomic E-state index is 0.110. The molecule has 6 nitrogen and oxygen atoms in total.